The number of benzene rings is 1. The molecule has 128 valence electrons. The molecular formula is C17H23N5O2. The lowest BCUT2D eigenvalue weighted by Gasteiger charge is -2.36. The highest BCUT2D eigenvalue weighted by molar-refractivity contribution is 5.62. The molecule has 1 aromatic heterocycles. The van der Waals surface area contributed by atoms with Crippen molar-refractivity contribution >= 4 is 17.2 Å². The van der Waals surface area contributed by atoms with Crippen LogP contribution in [0, 0.1) is 17.0 Å². The van der Waals surface area contributed by atoms with Gasteiger partial charge in [0.25, 0.3) is 0 Å². The fourth-order valence-corrected chi connectivity index (χ4v) is 3.34. The number of aryl methyl sites for hydroxylation is 3. The fourth-order valence-electron chi connectivity index (χ4n) is 3.34. The van der Waals surface area contributed by atoms with Gasteiger partial charge in [-0.3, -0.25) is 10.1 Å². The Labute approximate surface area is 141 Å². The van der Waals surface area contributed by atoms with Crippen LogP contribution in [0.3, 0.4) is 0 Å². The first-order chi connectivity index (χ1) is 11.5. The number of nitro groups is 1. The molecule has 2 heterocycles. The van der Waals surface area contributed by atoms with Crippen LogP contribution in [-0.4, -0.2) is 40.9 Å². The zero-order valence-corrected chi connectivity index (χ0v) is 14.4. The highest BCUT2D eigenvalue weighted by atomic mass is 16.6. The second kappa shape index (κ2) is 6.51. The van der Waals surface area contributed by atoms with Crippen LogP contribution in [0.4, 0.5) is 17.2 Å². The maximum absolute atomic E-state index is 11.5. The average molecular weight is 329 g/mol. The second-order valence-electron chi connectivity index (χ2n) is 6.17. The topological polar surface area (TPSA) is 67.4 Å². The summed E-state index contributed by atoms with van der Waals surface area (Å²) in [7, 11) is 1.79. The Balaban J connectivity index is 1.80. The summed E-state index contributed by atoms with van der Waals surface area (Å²) in [5.74, 6) is 0.626. The number of nitrogens with zero attached hydrogens (tertiary/aromatic N) is 5. The van der Waals surface area contributed by atoms with Gasteiger partial charge < -0.3 is 9.80 Å². The van der Waals surface area contributed by atoms with E-state index in [0.717, 1.165) is 26.2 Å². The monoisotopic (exact) mass is 329 g/mol. The lowest BCUT2D eigenvalue weighted by molar-refractivity contribution is -0.384. The molecular weight excluding hydrogens is 306 g/mol. The molecule has 1 aliphatic rings. The smallest absolute Gasteiger partial charge is 0.334 e. The summed E-state index contributed by atoms with van der Waals surface area (Å²) in [5.41, 5.74) is 3.16. The van der Waals surface area contributed by atoms with Crippen molar-refractivity contribution < 1.29 is 4.92 Å². The standard InChI is InChI=1S/C17H23N5O2/c1-4-15-16(22(23)24)17(19(3)18-15)21-10-8-20(9-11-21)14-7-5-6-13(2)12-14/h5-7,12H,4,8-11H2,1-3H3. The van der Waals surface area contributed by atoms with Gasteiger partial charge in [-0.2, -0.15) is 5.10 Å². The van der Waals surface area contributed by atoms with Crippen LogP contribution in [0.15, 0.2) is 24.3 Å². The molecule has 24 heavy (non-hydrogen) atoms. The van der Waals surface area contributed by atoms with Crippen LogP contribution in [0.1, 0.15) is 18.2 Å². The molecule has 0 amide bonds. The second-order valence-corrected chi connectivity index (χ2v) is 6.17. The van der Waals surface area contributed by atoms with Crippen molar-refractivity contribution in [3.8, 4) is 0 Å². The van der Waals surface area contributed by atoms with Crippen molar-refractivity contribution in [1.82, 2.24) is 9.78 Å². The zero-order valence-electron chi connectivity index (χ0n) is 14.4. The molecule has 1 aromatic carbocycles. The van der Waals surface area contributed by atoms with Crippen LogP contribution < -0.4 is 9.80 Å². The molecule has 7 heteroatoms. The highest BCUT2D eigenvalue weighted by Crippen LogP contribution is 2.32. The molecule has 0 radical (unpaired) electrons. The van der Waals surface area contributed by atoms with Gasteiger partial charge in [-0.05, 0) is 31.0 Å². The molecule has 1 fully saturated rings. The van der Waals surface area contributed by atoms with Crippen LogP contribution in [0.5, 0.6) is 0 Å². The summed E-state index contributed by atoms with van der Waals surface area (Å²) < 4.78 is 1.65. The molecule has 0 saturated carbocycles. The number of anilines is 2. The Hall–Kier alpha value is -2.57. The van der Waals surface area contributed by atoms with E-state index in [-0.39, 0.29) is 10.6 Å². The molecule has 1 aliphatic heterocycles. The van der Waals surface area contributed by atoms with Gasteiger partial charge in [-0.15, -0.1) is 0 Å². The Morgan fingerprint density at radius 3 is 2.46 bits per heavy atom. The number of hydrogen-bond donors (Lipinski definition) is 0. The maximum atomic E-state index is 11.5. The number of piperazine rings is 1. The Kier molecular flexibility index (Phi) is 4.42. The van der Waals surface area contributed by atoms with Crippen LogP contribution in [-0.2, 0) is 13.5 Å². The molecule has 0 atom stereocenters. The average Bonchev–Trinajstić information content (AvgIpc) is 2.92. The Bertz CT molecular complexity index is 747. The van der Waals surface area contributed by atoms with Crippen LogP contribution >= 0.6 is 0 Å². The molecule has 3 rings (SSSR count). The molecule has 2 aromatic rings. The van der Waals surface area contributed by atoms with Gasteiger partial charge in [0.1, 0.15) is 5.69 Å². The molecule has 0 aliphatic carbocycles. The first-order valence-corrected chi connectivity index (χ1v) is 8.28. The third-order valence-corrected chi connectivity index (χ3v) is 4.53. The maximum Gasteiger partial charge on any atom is 0.334 e. The van der Waals surface area contributed by atoms with Gasteiger partial charge in [-0.25, -0.2) is 4.68 Å². The van der Waals surface area contributed by atoms with Crippen molar-refractivity contribution in [3.63, 3.8) is 0 Å². The summed E-state index contributed by atoms with van der Waals surface area (Å²) >= 11 is 0. The summed E-state index contributed by atoms with van der Waals surface area (Å²) in [6.07, 6.45) is 0.563. The predicted molar refractivity (Wildman–Crippen MR) is 94.8 cm³/mol. The first-order valence-electron chi connectivity index (χ1n) is 8.28. The largest absolute Gasteiger partial charge is 0.368 e. The lowest BCUT2D eigenvalue weighted by atomic mass is 10.2. The van der Waals surface area contributed by atoms with E-state index in [0.29, 0.717) is 17.9 Å². The predicted octanol–water partition coefficient (Wildman–Crippen LogP) is 2.53. The van der Waals surface area contributed by atoms with Gasteiger partial charge in [0.2, 0.25) is 5.82 Å². The molecule has 0 bridgehead atoms. The minimum Gasteiger partial charge on any atom is -0.368 e. The van der Waals surface area contributed by atoms with Crippen molar-refractivity contribution in [2.75, 3.05) is 36.0 Å². The molecule has 0 unspecified atom stereocenters. The number of rotatable bonds is 4. The summed E-state index contributed by atoms with van der Waals surface area (Å²) in [6.45, 7) is 7.16. The van der Waals surface area contributed by atoms with E-state index in [1.54, 1.807) is 11.7 Å². The SMILES string of the molecule is CCc1nn(C)c(N2CCN(c3cccc(C)c3)CC2)c1[N+](=O)[O-]. The lowest BCUT2D eigenvalue weighted by Crippen LogP contribution is -2.47. The number of aromatic nitrogens is 2. The van der Waals surface area contributed by atoms with Crippen LogP contribution in [0.2, 0.25) is 0 Å². The van der Waals surface area contributed by atoms with E-state index in [2.05, 4.69) is 46.1 Å². The van der Waals surface area contributed by atoms with Gasteiger partial charge >= 0.3 is 5.69 Å². The van der Waals surface area contributed by atoms with E-state index in [1.807, 2.05) is 6.92 Å². The summed E-state index contributed by atoms with van der Waals surface area (Å²) in [5, 5.41) is 15.8. The molecule has 0 N–H and O–H groups in total. The third-order valence-electron chi connectivity index (χ3n) is 4.53. The van der Waals surface area contributed by atoms with E-state index in [1.165, 1.54) is 11.3 Å². The Morgan fingerprint density at radius 2 is 1.88 bits per heavy atom. The molecule has 7 nitrogen and oxygen atoms in total. The molecule has 0 spiro atoms. The van der Waals surface area contributed by atoms with Gasteiger partial charge in [-0.1, -0.05) is 19.1 Å². The fraction of sp³-hybridized carbons (Fsp3) is 0.471. The van der Waals surface area contributed by atoms with Gasteiger partial charge in [0.15, 0.2) is 0 Å². The van der Waals surface area contributed by atoms with Crippen molar-refractivity contribution in [1.29, 1.82) is 0 Å². The highest BCUT2D eigenvalue weighted by Gasteiger charge is 2.31. The van der Waals surface area contributed by atoms with E-state index in [9.17, 15) is 10.1 Å². The first kappa shape index (κ1) is 16.3. The number of hydrogen-bond acceptors (Lipinski definition) is 5. The minimum absolute atomic E-state index is 0.156. The van der Waals surface area contributed by atoms with Crippen LogP contribution in [0.25, 0.3) is 0 Å². The summed E-state index contributed by atoms with van der Waals surface area (Å²) in [6, 6.07) is 8.45. The van der Waals surface area contributed by atoms with E-state index in [4.69, 9.17) is 0 Å². The van der Waals surface area contributed by atoms with Crippen molar-refractivity contribution in [2.24, 2.45) is 7.05 Å². The normalized spacial score (nSPS) is 15.0. The minimum atomic E-state index is -0.298. The van der Waals surface area contributed by atoms with E-state index >= 15 is 0 Å². The summed E-state index contributed by atoms with van der Waals surface area (Å²) in [4.78, 5) is 15.6. The van der Waals surface area contributed by atoms with E-state index < -0.39 is 0 Å². The molecule has 1 saturated heterocycles. The van der Waals surface area contributed by atoms with Gasteiger partial charge in [0, 0.05) is 38.9 Å². The zero-order chi connectivity index (χ0) is 17.3. The third kappa shape index (κ3) is 2.93. The van der Waals surface area contributed by atoms with Crippen molar-refractivity contribution in [2.45, 2.75) is 20.3 Å². The van der Waals surface area contributed by atoms with Crippen molar-refractivity contribution in [3.05, 3.63) is 45.6 Å². The van der Waals surface area contributed by atoms with Gasteiger partial charge in [0.05, 0.1) is 4.92 Å². The quantitative estimate of drug-likeness (QED) is 0.637. The Morgan fingerprint density at radius 1 is 1.21 bits per heavy atom.